The Bertz CT molecular complexity index is 1120. The largest absolute Gasteiger partial charge is 0.459 e. The van der Waals surface area contributed by atoms with E-state index in [1.807, 2.05) is 6.92 Å². The molecule has 1 aliphatic carbocycles. The van der Waals surface area contributed by atoms with Crippen LogP contribution in [0, 0.1) is 39.4 Å². The standard InChI is InChI=1S/C35H61NO12/c1-10-24-34(9,42)28(39)20(4)26(36-43)18(2)13-33(8,41)29(48-31-23(38)12-11-19(3)45-31)21(5)27(22(6)30(40)46-24)47-25-14-32(7)15-35(32,16-37)17-44-25/h18-29,31,37-39,41-42H,10-17H2,1-9H3. The molecule has 3 saturated heterocycles. The maximum absolute atomic E-state index is 14.0. The Balaban J connectivity index is 1.78. The smallest absolute Gasteiger partial charge is 0.311 e. The van der Waals surface area contributed by atoms with Gasteiger partial charge in [-0.25, -0.2) is 0 Å². The summed E-state index contributed by atoms with van der Waals surface area (Å²) in [6, 6.07) is -1.03. The first-order chi connectivity index (χ1) is 22.3. The van der Waals surface area contributed by atoms with Crippen LogP contribution in [0.3, 0.4) is 0 Å². The highest BCUT2D eigenvalue weighted by Gasteiger charge is 2.67. The molecule has 0 aromatic heterocycles. The summed E-state index contributed by atoms with van der Waals surface area (Å²) >= 11 is 0. The van der Waals surface area contributed by atoms with E-state index in [0.29, 0.717) is 19.3 Å². The molecule has 4 fully saturated rings. The fourth-order valence-electron chi connectivity index (χ4n) is 8.87. The molecule has 1 saturated carbocycles. The van der Waals surface area contributed by atoms with Crippen molar-refractivity contribution in [2.75, 3.05) is 13.2 Å². The minimum absolute atomic E-state index is 0.00265. The number of hydrogen-bond acceptors (Lipinski definition) is 13. The number of carbonyl (C=O) groups is 1. The monoisotopic (exact) mass is 687 g/mol. The zero-order valence-electron chi connectivity index (χ0n) is 30.2. The zero-order valence-corrected chi connectivity index (χ0v) is 30.2. The highest BCUT2D eigenvalue weighted by atomic mass is 16.7. The average Bonchev–Trinajstić information content (AvgIpc) is 3.66. The highest BCUT2D eigenvalue weighted by Crippen LogP contribution is 2.68. The molecule has 4 rings (SSSR count). The molecule has 3 aliphatic heterocycles. The van der Waals surface area contributed by atoms with E-state index in [2.05, 4.69) is 12.1 Å². The van der Waals surface area contributed by atoms with E-state index in [0.717, 1.165) is 6.42 Å². The van der Waals surface area contributed by atoms with Gasteiger partial charge in [-0.2, -0.15) is 4.91 Å². The molecule has 0 amide bonds. The molecule has 4 aliphatic rings. The topological polar surface area (TPSA) is 194 Å². The van der Waals surface area contributed by atoms with Crippen LogP contribution in [0.1, 0.15) is 101 Å². The number of hydrogen-bond donors (Lipinski definition) is 5. The molecule has 17 atom stereocenters. The Morgan fingerprint density at radius 2 is 1.65 bits per heavy atom. The molecule has 0 spiro atoms. The number of aliphatic hydroxyl groups excluding tert-OH is 3. The number of aliphatic hydroxyl groups is 5. The van der Waals surface area contributed by atoms with Crippen LogP contribution in [0.15, 0.2) is 5.18 Å². The molecule has 5 N–H and O–H groups in total. The van der Waals surface area contributed by atoms with Gasteiger partial charge in [-0.1, -0.05) is 39.8 Å². The molecule has 0 aromatic carbocycles. The lowest BCUT2D eigenvalue weighted by molar-refractivity contribution is -0.299. The van der Waals surface area contributed by atoms with Crippen molar-refractivity contribution in [2.24, 2.45) is 39.7 Å². The van der Waals surface area contributed by atoms with Gasteiger partial charge in [0, 0.05) is 23.7 Å². The van der Waals surface area contributed by atoms with Crippen LogP contribution in [0.5, 0.6) is 0 Å². The summed E-state index contributed by atoms with van der Waals surface area (Å²) in [5.74, 6) is -3.88. The Hall–Kier alpha value is -1.29. The summed E-state index contributed by atoms with van der Waals surface area (Å²) < 4.78 is 31.2. The normalized spacial score (nSPS) is 52.5. The van der Waals surface area contributed by atoms with Crippen molar-refractivity contribution in [2.45, 2.75) is 167 Å². The second-order valence-electron chi connectivity index (χ2n) is 16.4. The van der Waals surface area contributed by atoms with E-state index in [1.54, 1.807) is 41.5 Å². The Kier molecular flexibility index (Phi) is 12.1. The summed E-state index contributed by atoms with van der Waals surface area (Å²) in [7, 11) is 0. The van der Waals surface area contributed by atoms with E-state index in [9.17, 15) is 35.2 Å². The van der Waals surface area contributed by atoms with Crippen LogP contribution < -0.4 is 0 Å². The molecule has 0 bridgehead atoms. The molecule has 48 heavy (non-hydrogen) atoms. The van der Waals surface area contributed by atoms with E-state index in [-0.39, 0.29) is 43.0 Å². The molecule has 17 unspecified atom stereocenters. The van der Waals surface area contributed by atoms with Crippen LogP contribution in [0.25, 0.3) is 0 Å². The minimum atomic E-state index is -1.93. The first-order valence-electron chi connectivity index (χ1n) is 17.8. The van der Waals surface area contributed by atoms with Crippen LogP contribution in [-0.2, 0) is 28.5 Å². The van der Waals surface area contributed by atoms with Crippen molar-refractivity contribution in [3.63, 3.8) is 0 Å². The molecule has 3 heterocycles. The molecule has 13 nitrogen and oxygen atoms in total. The predicted molar refractivity (Wildman–Crippen MR) is 174 cm³/mol. The molecule has 278 valence electrons. The van der Waals surface area contributed by atoms with Gasteiger partial charge in [0.15, 0.2) is 12.6 Å². The van der Waals surface area contributed by atoms with Gasteiger partial charge in [-0.15, -0.1) is 0 Å². The predicted octanol–water partition coefficient (Wildman–Crippen LogP) is 3.05. The number of rotatable bonds is 7. The summed E-state index contributed by atoms with van der Waals surface area (Å²) in [6.45, 7) is 15.7. The number of esters is 1. The summed E-state index contributed by atoms with van der Waals surface area (Å²) in [4.78, 5) is 26.3. The van der Waals surface area contributed by atoms with Crippen molar-refractivity contribution in [1.82, 2.24) is 0 Å². The van der Waals surface area contributed by atoms with Gasteiger partial charge in [0.2, 0.25) is 0 Å². The second-order valence-corrected chi connectivity index (χ2v) is 16.4. The number of nitroso groups, excluding NO2 is 1. The third kappa shape index (κ3) is 7.64. The average molecular weight is 688 g/mol. The van der Waals surface area contributed by atoms with Crippen LogP contribution in [-0.4, -0.2) is 111 Å². The van der Waals surface area contributed by atoms with Gasteiger partial charge < -0.3 is 49.2 Å². The van der Waals surface area contributed by atoms with Crippen molar-refractivity contribution in [1.29, 1.82) is 0 Å². The third-order valence-electron chi connectivity index (χ3n) is 12.3. The van der Waals surface area contributed by atoms with Crippen molar-refractivity contribution < 1.29 is 54.0 Å². The first-order valence-corrected chi connectivity index (χ1v) is 17.8. The molecule has 0 aromatic rings. The van der Waals surface area contributed by atoms with E-state index in [1.165, 1.54) is 6.92 Å². The second kappa shape index (κ2) is 14.7. The summed E-state index contributed by atoms with van der Waals surface area (Å²) in [6.07, 6.45) is -5.21. The van der Waals surface area contributed by atoms with Crippen molar-refractivity contribution in [3.05, 3.63) is 4.91 Å². The van der Waals surface area contributed by atoms with Gasteiger partial charge >= 0.3 is 5.97 Å². The van der Waals surface area contributed by atoms with Crippen LogP contribution in [0.4, 0.5) is 0 Å². The fraction of sp³-hybridized carbons (Fsp3) is 0.971. The lowest BCUT2D eigenvalue weighted by Gasteiger charge is -2.47. The van der Waals surface area contributed by atoms with Gasteiger partial charge in [-0.3, -0.25) is 4.79 Å². The van der Waals surface area contributed by atoms with Gasteiger partial charge in [0.25, 0.3) is 0 Å². The van der Waals surface area contributed by atoms with E-state index in [4.69, 9.17) is 23.7 Å². The number of ether oxygens (including phenoxy) is 5. The third-order valence-corrected chi connectivity index (χ3v) is 12.3. The molecule has 13 heteroatoms. The quantitative estimate of drug-likeness (QED) is 0.194. The summed E-state index contributed by atoms with van der Waals surface area (Å²) in [5.41, 5.74) is -4.16. The van der Waals surface area contributed by atoms with Gasteiger partial charge in [-0.05, 0) is 71.1 Å². The Morgan fingerprint density at radius 1 is 0.979 bits per heavy atom. The highest BCUT2D eigenvalue weighted by molar-refractivity contribution is 5.73. The number of nitrogens with zero attached hydrogens (tertiary/aromatic N) is 1. The Labute approximate surface area is 285 Å². The molecule has 0 radical (unpaired) electrons. The first kappa shape index (κ1) is 39.5. The van der Waals surface area contributed by atoms with Gasteiger partial charge in [0.1, 0.15) is 17.8 Å². The Morgan fingerprint density at radius 3 is 2.23 bits per heavy atom. The maximum Gasteiger partial charge on any atom is 0.311 e. The SMILES string of the molecule is CCC1OC(=O)C(C)C(OC2CC3(C)CC3(CO)CO2)C(C)C(OC2OC(C)CCC2O)C(C)(O)CC(C)C(N=O)C(C)C(O)C1(C)O. The lowest BCUT2D eigenvalue weighted by atomic mass is 9.72. The van der Waals surface area contributed by atoms with Gasteiger partial charge in [0.05, 0.1) is 55.2 Å². The maximum atomic E-state index is 14.0. The van der Waals surface area contributed by atoms with Crippen LogP contribution >= 0.6 is 0 Å². The van der Waals surface area contributed by atoms with Crippen LogP contribution in [0.2, 0.25) is 0 Å². The number of fused-ring (bicyclic) bond motifs is 1. The zero-order chi connectivity index (χ0) is 36.0. The van der Waals surface area contributed by atoms with E-state index < -0.39 is 90.0 Å². The number of carbonyl (C=O) groups excluding carboxylic acids is 1. The molecular formula is C35H61NO12. The van der Waals surface area contributed by atoms with Crippen molar-refractivity contribution >= 4 is 5.97 Å². The fourth-order valence-corrected chi connectivity index (χ4v) is 8.87. The molecular weight excluding hydrogens is 626 g/mol. The van der Waals surface area contributed by atoms with E-state index >= 15 is 0 Å². The minimum Gasteiger partial charge on any atom is -0.459 e. The lowest BCUT2D eigenvalue weighted by Crippen LogP contribution is -2.59. The van der Waals surface area contributed by atoms with Crippen molar-refractivity contribution in [3.8, 4) is 0 Å². The summed E-state index contributed by atoms with van der Waals surface area (Å²) in [5, 5.41) is 59.6. The number of cyclic esters (lactones) is 1.